The van der Waals surface area contributed by atoms with Gasteiger partial charge in [0.05, 0.1) is 29.4 Å². The molecule has 2 aliphatic heterocycles. The van der Waals surface area contributed by atoms with Crippen LogP contribution in [0.1, 0.15) is 0 Å². The molecule has 132 valence electrons. The summed E-state index contributed by atoms with van der Waals surface area (Å²) < 4.78 is 13.8. The third-order valence-corrected chi connectivity index (χ3v) is 4.59. The number of halogens is 1. The molecule has 0 aromatic heterocycles. The number of rotatable bonds is 4. The normalized spacial score (nSPS) is 17.8. The minimum atomic E-state index is -0.259. The number of nitrogens with zero attached hydrogens (tertiary/aromatic N) is 3. The van der Waals surface area contributed by atoms with E-state index >= 15 is 0 Å². The van der Waals surface area contributed by atoms with E-state index in [1.807, 2.05) is 34.2 Å². The van der Waals surface area contributed by atoms with Crippen LogP contribution in [0.4, 0.5) is 27.1 Å². The van der Waals surface area contributed by atoms with Crippen molar-refractivity contribution in [3.8, 4) is 0 Å². The summed E-state index contributed by atoms with van der Waals surface area (Å²) in [5, 5.41) is 5.27. The largest absolute Gasteiger partial charge is 0.352 e. The van der Waals surface area contributed by atoms with E-state index in [4.69, 9.17) is 4.94 Å². The van der Waals surface area contributed by atoms with E-state index in [9.17, 15) is 4.39 Å². The smallest absolute Gasteiger partial charge is 0.125 e. The fourth-order valence-corrected chi connectivity index (χ4v) is 3.16. The van der Waals surface area contributed by atoms with Crippen molar-refractivity contribution in [2.24, 2.45) is 0 Å². The van der Waals surface area contributed by atoms with Gasteiger partial charge in [-0.25, -0.2) is 9.33 Å². The second-order valence-corrected chi connectivity index (χ2v) is 6.36. The zero-order chi connectivity index (χ0) is 17.2. The number of anilines is 4. The summed E-state index contributed by atoms with van der Waals surface area (Å²) in [6.07, 6.45) is 0. The van der Waals surface area contributed by atoms with E-state index in [0.29, 0.717) is 6.67 Å². The maximum Gasteiger partial charge on any atom is 0.125 e. The number of nitrogens with one attached hydrogen (secondary N) is 2. The Morgan fingerprint density at radius 2 is 1.80 bits per heavy atom. The Bertz CT molecular complexity index is 748. The van der Waals surface area contributed by atoms with E-state index in [0.717, 1.165) is 48.9 Å². The van der Waals surface area contributed by atoms with Gasteiger partial charge in [0.25, 0.3) is 0 Å². The number of benzene rings is 2. The lowest BCUT2D eigenvalue weighted by atomic mass is 10.1. The highest BCUT2D eigenvalue weighted by Gasteiger charge is 2.23. The molecule has 0 saturated carbocycles. The maximum atomic E-state index is 13.8. The molecule has 0 aliphatic carbocycles. The predicted octanol–water partition coefficient (Wildman–Crippen LogP) is 2.66. The highest BCUT2D eigenvalue weighted by molar-refractivity contribution is 5.91. The summed E-state index contributed by atoms with van der Waals surface area (Å²) in [5.74, 6) is -0.259. The molecule has 6 nitrogen and oxygen atoms in total. The second kappa shape index (κ2) is 6.97. The van der Waals surface area contributed by atoms with E-state index < -0.39 is 0 Å². The lowest BCUT2D eigenvalue weighted by Crippen LogP contribution is -2.47. The number of hydroxylamine groups is 3. The molecule has 1 fully saturated rings. The fourth-order valence-electron chi connectivity index (χ4n) is 3.16. The number of piperazine rings is 1. The Morgan fingerprint density at radius 1 is 1.04 bits per heavy atom. The number of fused-ring (bicyclic) bond motifs is 2. The summed E-state index contributed by atoms with van der Waals surface area (Å²) in [5.41, 5.74) is 6.66. The highest BCUT2D eigenvalue weighted by atomic mass is 19.1. The van der Waals surface area contributed by atoms with Crippen LogP contribution in [0, 0.1) is 5.82 Å². The molecule has 0 bridgehead atoms. The first-order valence-electron chi connectivity index (χ1n) is 8.47. The van der Waals surface area contributed by atoms with Crippen molar-refractivity contribution in [2.45, 2.75) is 0 Å². The van der Waals surface area contributed by atoms with Crippen molar-refractivity contribution in [2.75, 3.05) is 50.1 Å². The first-order chi connectivity index (χ1) is 12.2. The lowest BCUT2D eigenvalue weighted by Gasteiger charge is -2.35. The van der Waals surface area contributed by atoms with Gasteiger partial charge < -0.3 is 15.1 Å². The maximum absolute atomic E-state index is 13.8. The van der Waals surface area contributed by atoms with E-state index in [1.165, 1.54) is 12.1 Å². The Morgan fingerprint density at radius 3 is 2.64 bits per heavy atom. The van der Waals surface area contributed by atoms with Crippen LogP contribution in [0.2, 0.25) is 0 Å². The number of para-hydroxylation sites is 2. The van der Waals surface area contributed by atoms with Crippen LogP contribution in [-0.2, 0) is 4.94 Å². The molecule has 0 spiro atoms. The zero-order valence-corrected chi connectivity index (χ0v) is 14.2. The van der Waals surface area contributed by atoms with E-state index in [-0.39, 0.29) is 5.82 Å². The Kier molecular flexibility index (Phi) is 4.54. The molecule has 25 heavy (non-hydrogen) atoms. The van der Waals surface area contributed by atoms with Crippen LogP contribution in [0.3, 0.4) is 0 Å². The third kappa shape index (κ3) is 3.45. The number of hydrogen-bond donors (Lipinski definition) is 2. The molecular formula is C18H22FN5O. The van der Waals surface area contributed by atoms with Crippen LogP contribution in [0.15, 0.2) is 42.5 Å². The second-order valence-electron chi connectivity index (χ2n) is 6.36. The monoisotopic (exact) mass is 343 g/mol. The van der Waals surface area contributed by atoms with Crippen molar-refractivity contribution in [1.82, 2.24) is 15.4 Å². The summed E-state index contributed by atoms with van der Waals surface area (Å²) in [7, 11) is 2.11. The lowest BCUT2D eigenvalue weighted by molar-refractivity contribution is -0.221. The first-order valence-corrected chi connectivity index (χ1v) is 8.47. The predicted molar refractivity (Wildman–Crippen MR) is 96.4 cm³/mol. The fraction of sp³-hybridized carbons (Fsp3) is 0.333. The standard InChI is InChI=1S/C18H22FN5O/c1-22-8-10-23(11-9-22)25-20-13-24-17-5-3-2-4-15(17)21-16-7-6-14(19)12-18(16)24/h2-7,12,20-21H,8-11,13H2,1H3. The average molecular weight is 343 g/mol. The minimum Gasteiger partial charge on any atom is -0.352 e. The molecule has 1 saturated heterocycles. The van der Waals surface area contributed by atoms with Gasteiger partial charge in [0.15, 0.2) is 0 Å². The van der Waals surface area contributed by atoms with Gasteiger partial charge in [0.1, 0.15) is 5.82 Å². The van der Waals surface area contributed by atoms with Crippen molar-refractivity contribution in [3.05, 3.63) is 48.3 Å². The molecule has 0 unspecified atom stereocenters. The molecule has 2 heterocycles. The van der Waals surface area contributed by atoms with Gasteiger partial charge in [-0.2, -0.15) is 10.5 Å². The highest BCUT2D eigenvalue weighted by Crippen LogP contribution is 2.43. The third-order valence-electron chi connectivity index (χ3n) is 4.59. The van der Waals surface area contributed by atoms with Gasteiger partial charge in [-0.15, -0.1) is 0 Å². The van der Waals surface area contributed by atoms with Crippen molar-refractivity contribution >= 4 is 22.7 Å². The molecule has 2 aliphatic rings. The van der Waals surface area contributed by atoms with Crippen molar-refractivity contribution in [3.63, 3.8) is 0 Å². The van der Waals surface area contributed by atoms with Gasteiger partial charge in [0.2, 0.25) is 0 Å². The van der Waals surface area contributed by atoms with Crippen LogP contribution in [-0.4, -0.2) is 49.9 Å². The van der Waals surface area contributed by atoms with Gasteiger partial charge in [-0.1, -0.05) is 12.1 Å². The van der Waals surface area contributed by atoms with Crippen molar-refractivity contribution < 1.29 is 9.33 Å². The van der Waals surface area contributed by atoms with Crippen LogP contribution >= 0.6 is 0 Å². The molecule has 2 aromatic carbocycles. The molecule has 0 atom stereocenters. The van der Waals surface area contributed by atoms with Gasteiger partial charge in [0, 0.05) is 26.2 Å². The van der Waals surface area contributed by atoms with Gasteiger partial charge in [-0.3, -0.25) is 0 Å². The quantitative estimate of drug-likeness (QED) is 0.832. The average Bonchev–Trinajstić information content (AvgIpc) is 2.63. The Balaban J connectivity index is 1.49. The summed E-state index contributed by atoms with van der Waals surface area (Å²) in [6.45, 7) is 4.08. The molecule has 0 radical (unpaired) electrons. The van der Waals surface area contributed by atoms with E-state index in [1.54, 1.807) is 6.07 Å². The van der Waals surface area contributed by atoms with Crippen molar-refractivity contribution in [1.29, 1.82) is 0 Å². The van der Waals surface area contributed by atoms with Gasteiger partial charge >= 0.3 is 0 Å². The molecule has 7 heteroatoms. The molecular weight excluding hydrogens is 321 g/mol. The number of hydrogen-bond acceptors (Lipinski definition) is 6. The SMILES string of the molecule is CN1CCN(ONCN2c3ccccc3Nc3ccc(F)cc32)CC1. The molecule has 4 rings (SSSR count). The van der Waals surface area contributed by atoms with Crippen LogP contribution in [0.25, 0.3) is 0 Å². The summed E-state index contributed by atoms with van der Waals surface area (Å²) in [6, 6.07) is 12.7. The minimum absolute atomic E-state index is 0.259. The Labute approximate surface area is 146 Å². The van der Waals surface area contributed by atoms with Gasteiger partial charge in [-0.05, 0) is 37.4 Å². The molecule has 2 N–H and O–H groups in total. The first kappa shape index (κ1) is 16.3. The molecule has 0 amide bonds. The zero-order valence-electron chi connectivity index (χ0n) is 14.2. The van der Waals surface area contributed by atoms with Crippen LogP contribution < -0.4 is 15.7 Å². The summed E-state index contributed by atoms with van der Waals surface area (Å²) in [4.78, 5) is 9.98. The van der Waals surface area contributed by atoms with Crippen LogP contribution in [0.5, 0.6) is 0 Å². The number of likely N-dealkylation sites (N-methyl/N-ethyl adjacent to an activating group) is 1. The Hall–Kier alpha value is -2.19. The summed E-state index contributed by atoms with van der Waals surface area (Å²) >= 11 is 0. The van der Waals surface area contributed by atoms with E-state index in [2.05, 4.69) is 22.7 Å². The molecule has 2 aromatic rings. The topological polar surface area (TPSA) is 43.0 Å².